The van der Waals surface area contributed by atoms with Gasteiger partial charge in [0.1, 0.15) is 0 Å². The smallest absolute Gasteiger partial charge is 0.408 e. The van der Waals surface area contributed by atoms with Crippen LogP contribution in [0.5, 0.6) is 0 Å². The molecule has 32 heavy (non-hydrogen) atoms. The van der Waals surface area contributed by atoms with Crippen molar-refractivity contribution >= 4 is 32.7 Å². The molecule has 0 saturated carbocycles. The van der Waals surface area contributed by atoms with E-state index in [1.54, 1.807) is 28.6 Å². The number of anilines is 1. The Bertz CT molecular complexity index is 1240. The molecule has 9 heteroatoms. The Hall–Kier alpha value is -2.91. The number of amides is 1. The van der Waals surface area contributed by atoms with E-state index < -0.39 is 15.8 Å². The van der Waals surface area contributed by atoms with Gasteiger partial charge in [0.15, 0.2) is 5.58 Å². The van der Waals surface area contributed by atoms with Crippen molar-refractivity contribution in [2.75, 3.05) is 18.4 Å². The van der Waals surface area contributed by atoms with E-state index >= 15 is 0 Å². The van der Waals surface area contributed by atoms with E-state index in [2.05, 4.69) is 5.32 Å². The van der Waals surface area contributed by atoms with Crippen LogP contribution in [0.3, 0.4) is 0 Å². The van der Waals surface area contributed by atoms with Crippen molar-refractivity contribution in [3.8, 4) is 0 Å². The van der Waals surface area contributed by atoms with E-state index in [9.17, 15) is 18.0 Å². The number of fused-ring (bicyclic) bond motifs is 1. The molecule has 1 aliphatic rings. The molecule has 0 atom stereocenters. The second-order valence-electron chi connectivity index (χ2n) is 7.98. The Balaban J connectivity index is 1.32. The number of para-hydroxylation sites is 2. The number of nitrogens with zero attached hydrogens (tertiary/aromatic N) is 2. The van der Waals surface area contributed by atoms with Crippen LogP contribution < -0.4 is 11.1 Å². The highest BCUT2D eigenvalue weighted by Gasteiger charge is 2.25. The maximum Gasteiger partial charge on any atom is 0.419 e. The van der Waals surface area contributed by atoms with Gasteiger partial charge in [-0.25, -0.2) is 13.2 Å². The SMILES string of the molecule is O=C(CCCn1c(=O)oc2ccccc21)Nc1ccc(S(=O)(=O)N2CCCCCC2)cc1. The van der Waals surface area contributed by atoms with Gasteiger partial charge in [-0.1, -0.05) is 25.0 Å². The van der Waals surface area contributed by atoms with E-state index in [-0.39, 0.29) is 17.2 Å². The molecule has 2 heterocycles. The van der Waals surface area contributed by atoms with Crippen LogP contribution in [0.4, 0.5) is 5.69 Å². The highest BCUT2D eigenvalue weighted by atomic mass is 32.2. The van der Waals surface area contributed by atoms with Gasteiger partial charge in [-0.2, -0.15) is 4.31 Å². The van der Waals surface area contributed by atoms with Crippen molar-refractivity contribution in [1.29, 1.82) is 0 Å². The Kier molecular flexibility index (Phi) is 6.76. The third-order valence-corrected chi connectivity index (χ3v) is 7.61. The topological polar surface area (TPSA) is 102 Å². The zero-order valence-corrected chi connectivity index (χ0v) is 18.6. The molecule has 0 bridgehead atoms. The number of aromatic nitrogens is 1. The fraction of sp³-hybridized carbons (Fsp3) is 0.391. The maximum absolute atomic E-state index is 12.9. The van der Waals surface area contributed by atoms with Gasteiger partial charge >= 0.3 is 5.76 Å². The molecule has 8 nitrogen and oxygen atoms in total. The number of carbonyl (C=O) groups excluding carboxylic acids is 1. The molecule has 0 unspecified atom stereocenters. The van der Waals surface area contributed by atoms with Gasteiger partial charge < -0.3 is 9.73 Å². The Labute approximate surface area is 186 Å². The fourth-order valence-corrected chi connectivity index (χ4v) is 5.51. The summed E-state index contributed by atoms with van der Waals surface area (Å²) in [6.45, 7) is 1.47. The zero-order valence-electron chi connectivity index (χ0n) is 17.8. The molecular formula is C23H27N3O5S. The van der Waals surface area contributed by atoms with Crippen molar-refractivity contribution in [3.63, 3.8) is 0 Å². The Morgan fingerprint density at radius 3 is 2.38 bits per heavy atom. The highest BCUT2D eigenvalue weighted by Crippen LogP contribution is 2.22. The summed E-state index contributed by atoms with van der Waals surface area (Å²) in [6.07, 6.45) is 4.57. The summed E-state index contributed by atoms with van der Waals surface area (Å²) in [5.74, 6) is -0.637. The molecule has 3 aromatic rings. The average Bonchev–Trinajstić information content (AvgIpc) is 2.95. The first-order chi connectivity index (χ1) is 15.4. The van der Waals surface area contributed by atoms with Crippen LogP contribution in [-0.2, 0) is 21.4 Å². The molecule has 1 fully saturated rings. The number of oxazole rings is 1. The summed E-state index contributed by atoms with van der Waals surface area (Å²) in [5, 5.41) is 2.78. The Morgan fingerprint density at radius 1 is 0.969 bits per heavy atom. The van der Waals surface area contributed by atoms with Gasteiger partial charge in [-0.3, -0.25) is 9.36 Å². The summed E-state index contributed by atoms with van der Waals surface area (Å²) in [5.41, 5.74) is 1.77. The summed E-state index contributed by atoms with van der Waals surface area (Å²) in [4.78, 5) is 24.5. The monoisotopic (exact) mass is 457 g/mol. The molecule has 1 aromatic heterocycles. The molecule has 0 aliphatic carbocycles. The predicted molar refractivity (Wildman–Crippen MR) is 122 cm³/mol. The van der Waals surface area contributed by atoms with Crippen LogP contribution in [0.1, 0.15) is 38.5 Å². The van der Waals surface area contributed by atoms with Crippen LogP contribution in [0.25, 0.3) is 11.1 Å². The third kappa shape index (κ3) is 4.94. The lowest BCUT2D eigenvalue weighted by Gasteiger charge is -2.20. The van der Waals surface area contributed by atoms with Gasteiger partial charge in [-0.15, -0.1) is 0 Å². The first-order valence-electron chi connectivity index (χ1n) is 10.9. The zero-order chi connectivity index (χ0) is 22.6. The summed E-state index contributed by atoms with van der Waals surface area (Å²) in [7, 11) is -3.51. The molecule has 0 radical (unpaired) electrons. The van der Waals surface area contributed by atoms with Gasteiger partial charge in [0.2, 0.25) is 15.9 Å². The number of carbonyl (C=O) groups is 1. The van der Waals surface area contributed by atoms with E-state index in [4.69, 9.17) is 4.42 Å². The second kappa shape index (κ2) is 9.70. The van der Waals surface area contributed by atoms with Crippen LogP contribution in [-0.4, -0.2) is 36.3 Å². The molecular weight excluding hydrogens is 430 g/mol. The van der Waals surface area contributed by atoms with Gasteiger partial charge in [0.25, 0.3) is 0 Å². The number of rotatable bonds is 7. The van der Waals surface area contributed by atoms with Crippen molar-refractivity contribution < 1.29 is 17.6 Å². The largest absolute Gasteiger partial charge is 0.419 e. The minimum atomic E-state index is -3.51. The molecule has 4 rings (SSSR count). The van der Waals surface area contributed by atoms with E-state index in [0.29, 0.717) is 42.8 Å². The van der Waals surface area contributed by atoms with E-state index in [0.717, 1.165) is 25.7 Å². The second-order valence-corrected chi connectivity index (χ2v) is 9.92. The number of benzene rings is 2. The molecule has 1 amide bonds. The molecule has 170 valence electrons. The standard InChI is InChI=1S/C23H27N3O5S/c27-22(10-7-17-26-20-8-3-4-9-21(20)31-23(26)28)24-18-11-13-19(14-12-18)32(29,30)25-15-5-1-2-6-16-25/h3-4,8-9,11-14H,1-2,5-7,10,15-17H2,(H,24,27). The van der Waals surface area contributed by atoms with Crippen LogP contribution in [0.15, 0.2) is 62.6 Å². The normalized spacial score (nSPS) is 15.5. The minimum absolute atomic E-state index is 0.200. The minimum Gasteiger partial charge on any atom is -0.408 e. The highest BCUT2D eigenvalue weighted by molar-refractivity contribution is 7.89. The van der Waals surface area contributed by atoms with E-state index in [1.165, 1.54) is 16.7 Å². The Morgan fingerprint density at radius 2 is 1.66 bits per heavy atom. The van der Waals surface area contributed by atoms with Crippen LogP contribution in [0, 0.1) is 0 Å². The third-order valence-electron chi connectivity index (χ3n) is 5.70. The number of nitrogens with one attached hydrogen (secondary N) is 1. The fourth-order valence-electron chi connectivity index (χ4n) is 3.99. The van der Waals surface area contributed by atoms with Gasteiger partial charge in [-0.05, 0) is 55.7 Å². The molecule has 1 N–H and O–H groups in total. The van der Waals surface area contributed by atoms with Gasteiger partial charge in [0, 0.05) is 31.7 Å². The number of hydrogen-bond acceptors (Lipinski definition) is 5. The van der Waals surface area contributed by atoms with Crippen molar-refractivity contribution in [2.24, 2.45) is 0 Å². The summed E-state index contributed by atoms with van der Waals surface area (Å²) >= 11 is 0. The van der Waals surface area contributed by atoms with Gasteiger partial charge in [0.05, 0.1) is 10.4 Å². The average molecular weight is 458 g/mol. The van der Waals surface area contributed by atoms with E-state index in [1.807, 2.05) is 12.1 Å². The lowest BCUT2D eigenvalue weighted by Crippen LogP contribution is -2.31. The first-order valence-corrected chi connectivity index (χ1v) is 12.4. The predicted octanol–water partition coefficient (Wildman–Crippen LogP) is 3.58. The van der Waals surface area contributed by atoms with Crippen LogP contribution >= 0.6 is 0 Å². The molecule has 1 saturated heterocycles. The molecule has 1 aliphatic heterocycles. The van der Waals surface area contributed by atoms with Crippen LogP contribution in [0.2, 0.25) is 0 Å². The van der Waals surface area contributed by atoms with Crippen molar-refractivity contribution in [2.45, 2.75) is 50.0 Å². The first kappa shape index (κ1) is 22.3. The summed E-state index contributed by atoms with van der Waals surface area (Å²) in [6, 6.07) is 13.5. The maximum atomic E-state index is 12.9. The molecule has 2 aromatic carbocycles. The van der Waals surface area contributed by atoms with Crippen molar-refractivity contribution in [3.05, 3.63) is 59.1 Å². The lowest BCUT2D eigenvalue weighted by molar-refractivity contribution is -0.116. The lowest BCUT2D eigenvalue weighted by atomic mass is 10.2. The summed E-state index contributed by atoms with van der Waals surface area (Å²) < 4.78 is 34.0. The van der Waals surface area contributed by atoms with Crippen molar-refractivity contribution in [1.82, 2.24) is 8.87 Å². The number of hydrogen-bond donors (Lipinski definition) is 1. The number of aryl methyl sites for hydroxylation is 1. The molecule has 0 spiro atoms. The quantitative estimate of drug-likeness (QED) is 0.584. The number of sulfonamides is 1.